The monoisotopic (exact) mass is 201 g/mol. The molecule has 0 saturated heterocycles. The Morgan fingerprint density at radius 1 is 1.36 bits per heavy atom. The topological polar surface area (TPSA) is 61.4 Å². The van der Waals surface area contributed by atoms with Gasteiger partial charge in [-0.1, -0.05) is 0 Å². The van der Waals surface area contributed by atoms with Gasteiger partial charge in [-0.3, -0.25) is 4.79 Å². The van der Waals surface area contributed by atoms with Gasteiger partial charge in [-0.2, -0.15) is 0 Å². The zero-order valence-corrected chi connectivity index (χ0v) is 9.26. The third-order valence-corrected chi connectivity index (χ3v) is 1.80. The Balaban J connectivity index is 3.60. The highest BCUT2D eigenvalue weighted by atomic mass is 16.2. The molecule has 0 aliphatic carbocycles. The fraction of sp³-hybridized carbons (Fsp3) is 0.778. The summed E-state index contributed by atoms with van der Waals surface area (Å²) >= 11 is 0. The van der Waals surface area contributed by atoms with Crippen molar-refractivity contribution in [3.63, 3.8) is 0 Å². The average molecular weight is 201 g/mol. The molecule has 0 aliphatic heterocycles. The van der Waals surface area contributed by atoms with Crippen LogP contribution in [-0.2, 0) is 4.79 Å². The molecule has 2 N–H and O–H groups in total. The summed E-state index contributed by atoms with van der Waals surface area (Å²) in [5.74, 6) is -0.0484. The van der Waals surface area contributed by atoms with Crippen molar-refractivity contribution < 1.29 is 9.59 Å². The fourth-order valence-electron chi connectivity index (χ4n) is 0.742. The van der Waals surface area contributed by atoms with E-state index in [-0.39, 0.29) is 11.8 Å². The van der Waals surface area contributed by atoms with Crippen LogP contribution in [0.15, 0.2) is 0 Å². The van der Waals surface area contributed by atoms with Crippen molar-refractivity contribution in [3.05, 3.63) is 0 Å². The van der Waals surface area contributed by atoms with Crippen LogP contribution in [-0.4, -0.2) is 49.9 Å². The lowest BCUT2D eigenvalue weighted by Crippen LogP contribution is -2.45. The van der Waals surface area contributed by atoms with Crippen molar-refractivity contribution in [2.75, 3.05) is 27.2 Å². The van der Waals surface area contributed by atoms with Crippen LogP contribution in [0.3, 0.4) is 0 Å². The van der Waals surface area contributed by atoms with Crippen LogP contribution in [0.1, 0.15) is 13.8 Å². The summed E-state index contributed by atoms with van der Waals surface area (Å²) in [6, 6.07) is -0.719. The lowest BCUT2D eigenvalue weighted by molar-refractivity contribution is -0.118. The van der Waals surface area contributed by atoms with Crippen LogP contribution < -0.4 is 10.6 Å². The highest BCUT2D eigenvalue weighted by Gasteiger charge is 2.09. The molecule has 0 aromatic rings. The second-order valence-corrected chi connectivity index (χ2v) is 3.54. The van der Waals surface area contributed by atoms with E-state index in [1.54, 1.807) is 6.92 Å². The maximum atomic E-state index is 11.1. The van der Waals surface area contributed by atoms with Gasteiger partial charge in [0.05, 0.1) is 6.04 Å². The Kier molecular flexibility index (Phi) is 5.87. The van der Waals surface area contributed by atoms with E-state index >= 15 is 0 Å². The first-order valence-electron chi connectivity index (χ1n) is 4.63. The van der Waals surface area contributed by atoms with Gasteiger partial charge in [0.15, 0.2) is 5.78 Å². The molecule has 0 radical (unpaired) electrons. The maximum absolute atomic E-state index is 11.1. The van der Waals surface area contributed by atoms with E-state index in [4.69, 9.17) is 0 Å². The number of carbonyl (C=O) groups is 2. The first kappa shape index (κ1) is 12.9. The molecule has 14 heavy (non-hydrogen) atoms. The lowest BCUT2D eigenvalue weighted by Gasteiger charge is -2.13. The van der Waals surface area contributed by atoms with Gasteiger partial charge in [0, 0.05) is 13.1 Å². The number of amides is 2. The summed E-state index contributed by atoms with van der Waals surface area (Å²) < 4.78 is 0. The Labute approximate surface area is 84.8 Å². The lowest BCUT2D eigenvalue weighted by atomic mass is 10.2. The van der Waals surface area contributed by atoms with E-state index in [1.807, 2.05) is 19.0 Å². The van der Waals surface area contributed by atoms with Gasteiger partial charge in [0.2, 0.25) is 0 Å². The molecule has 0 aromatic heterocycles. The molecule has 0 saturated carbocycles. The maximum Gasteiger partial charge on any atom is 0.315 e. The first-order valence-corrected chi connectivity index (χ1v) is 4.63. The fourth-order valence-corrected chi connectivity index (χ4v) is 0.742. The minimum atomic E-state index is -0.422. The Hall–Kier alpha value is -1.10. The highest BCUT2D eigenvalue weighted by molar-refractivity contribution is 5.86. The Morgan fingerprint density at radius 2 is 1.93 bits per heavy atom. The number of likely N-dealkylation sites (N-methyl/N-ethyl adjacent to an activating group) is 1. The summed E-state index contributed by atoms with van der Waals surface area (Å²) in [5, 5.41) is 5.19. The molecule has 0 fully saturated rings. The molecule has 82 valence electrons. The zero-order chi connectivity index (χ0) is 11.1. The smallest absolute Gasteiger partial charge is 0.315 e. The van der Waals surface area contributed by atoms with Gasteiger partial charge in [-0.05, 0) is 27.9 Å². The molecule has 0 heterocycles. The average Bonchev–Trinajstić information content (AvgIpc) is 2.02. The number of nitrogens with zero attached hydrogens (tertiary/aromatic N) is 1. The number of carbonyl (C=O) groups excluding carboxylic acids is 2. The first-order chi connectivity index (χ1) is 6.43. The number of ketones is 1. The normalized spacial score (nSPS) is 12.4. The van der Waals surface area contributed by atoms with Gasteiger partial charge in [-0.25, -0.2) is 4.79 Å². The number of rotatable bonds is 5. The molecule has 0 aliphatic rings. The third kappa shape index (κ3) is 6.42. The van der Waals surface area contributed by atoms with E-state index in [0.717, 1.165) is 6.54 Å². The van der Waals surface area contributed by atoms with E-state index in [0.29, 0.717) is 6.54 Å². The van der Waals surface area contributed by atoms with Crippen LogP contribution in [0, 0.1) is 0 Å². The SMILES string of the molecule is CC(=O)[C@H](C)NC(=O)NCCN(C)C. The summed E-state index contributed by atoms with van der Waals surface area (Å²) in [5.41, 5.74) is 0. The van der Waals surface area contributed by atoms with Gasteiger partial charge in [0.25, 0.3) is 0 Å². The molecule has 0 rings (SSSR count). The van der Waals surface area contributed by atoms with Crippen molar-refractivity contribution in [2.24, 2.45) is 0 Å². The van der Waals surface area contributed by atoms with Crippen LogP contribution in [0.4, 0.5) is 4.79 Å². The van der Waals surface area contributed by atoms with E-state index in [2.05, 4.69) is 10.6 Å². The summed E-state index contributed by atoms with van der Waals surface area (Å²) in [6.07, 6.45) is 0. The van der Waals surface area contributed by atoms with Crippen LogP contribution in [0.25, 0.3) is 0 Å². The molecule has 2 amide bonds. The summed E-state index contributed by atoms with van der Waals surface area (Å²) in [7, 11) is 3.86. The molecular weight excluding hydrogens is 182 g/mol. The molecule has 0 spiro atoms. The second kappa shape index (κ2) is 6.37. The van der Waals surface area contributed by atoms with Gasteiger partial charge in [-0.15, -0.1) is 0 Å². The quantitative estimate of drug-likeness (QED) is 0.649. The number of urea groups is 1. The van der Waals surface area contributed by atoms with Crippen molar-refractivity contribution in [2.45, 2.75) is 19.9 Å². The number of hydrogen-bond donors (Lipinski definition) is 2. The molecule has 1 atom stereocenters. The number of Topliss-reactive ketones (excluding diaryl/α,β-unsaturated/α-hetero) is 1. The van der Waals surface area contributed by atoms with Crippen LogP contribution >= 0.6 is 0 Å². The Morgan fingerprint density at radius 3 is 2.36 bits per heavy atom. The molecule has 0 bridgehead atoms. The molecule has 0 unspecified atom stereocenters. The minimum Gasteiger partial charge on any atom is -0.337 e. The van der Waals surface area contributed by atoms with Gasteiger partial charge >= 0.3 is 6.03 Å². The number of nitrogens with one attached hydrogen (secondary N) is 2. The molecule has 0 aromatic carbocycles. The van der Waals surface area contributed by atoms with Crippen molar-refractivity contribution in [1.82, 2.24) is 15.5 Å². The van der Waals surface area contributed by atoms with E-state index in [9.17, 15) is 9.59 Å². The zero-order valence-electron chi connectivity index (χ0n) is 9.26. The largest absolute Gasteiger partial charge is 0.337 e. The predicted molar refractivity (Wildman–Crippen MR) is 55.2 cm³/mol. The highest BCUT2D eigenvalue weighted by Crippen LogP contribution is 1.82. The molecular formula is C9H19N3O2. The van der Waals surface area contributed by atoms with Crippen LogP contribution in [0.2, 0.25) is 0 Å². The number of hydrogen-bond acceptors (Lipinski definition) is 3. The van der Waals surface area contributed by atoms with E-state index < -0.39 is 6.04 Å². The van der Waals surface area contributed by atoms with Crippen molar-refractivity contribution in [3.8, 4) is 0 Å². The predicted octanol–water partition coefficient (Wildman–Crippen LogP) is -0.175. The van der Waals surface area contributed by atoms with E-state index in [1.165, 1.54) is 6.92 Å². The third-order valence-electron chi connectivity index (χ3n) is 1.80. The van der Waals surface area contributed by atoms with Crippen molar-refractivity contribution in [1.29, 1.82) is 0 Å². The second-order valence-electron chi connectivity index (χ2n) is 3.54. The standard InChI is InChI=1S/C9H19N3O2/c1-7(8(2)13)11-9(14)10-5-6-12(3)4/h7H,5-6H2,1-4H3,(H2,10,11,14)/t7-/m0/s1. The van der Waals surface area contributed by atoms with Gasteiger partial charge < -0.3 is 15.5 Å². The van der Waals surface area contributed by atoms with Crippen LogP contribution in [0.5, 0.6) is 0 Å². The minimum absolute atomic E-state index is 0.0484. The summed E-state index contributed by atoms with van der Waals surface area (Å²) in [6.45, 7) is 4.46. The van der Waals surface area contributed by atoms with Crippen molar-refractivity contribution >= 4 is 11.8 Å². The summed E-state index contributed by atoms with van der Waals surface area (Å²) in [4.78, 5) is 23.9. The molecule has 5 heteroatoms. The van der Waals surface area contributed by atoms with Gasteiger partial charge in [0.1, 0.15) is 0 Å². The Bertz CT molecular complexity index is 204. The molecule has 5 nitrogen and oxygen atoms in total.